The minimum Gasteiger partial charge on any atom is -0.490 e. The highest BCUT2D eigenvalue weighted by Gasteiger charge is 2.36. The van der Waals surface area contributed by atoms with E-state index in [1.165, 1.54) is 6.92 Å². The van der Waals surface area contributed by atoms with Crippen molar-refractivity contribution >= 4 is 28.0 Å². The summed E-state index contributed by atoms with van der Waals surface area (Å²) in [6.07, 6.45) is -0.775. The van der Waals surface area contributed by atoms with Crippen molar-refractivity contribution in [2.24, 2.45) is 0 Å². The van der Waals surface area contributed by atoms with Crippen molar-refractivity contribution in [3.63, 3.8) is 0 Å². The van der Waals surface area contributed by atoms with Gasteiger partial charge in [-0.25, -0.2) is 14.0 Å². The van der Waals surface area contributed by atoms with Gasteiger partial charge < -0.3 is 19.9 Å². The van der Waals surface area contributed by atoms with Crippen LogP contribution in [0.4, 0.5) is 9.18 Å². The molecule has 1 aromatic carbocycles. The van der Waals surface area contributed by atoms with E-state index in [0.29, 0.717) is 15.8 Å². The molecule has 0 aliphatic rings. The zero-order chi connectivity index (χ0) is 19.3. The van der Waals surface area contributed by atoms with Gasteiger partial charge in [-0.05, 0) is 61.3 Å². The number of halogens is 2. The number of carboxylic acids is 1. The Morgan fingerprint density at radius 1 is 1.28 bits per heavy atom. The highest BCUT2D eigenvalue weighted by Crippen LogP contribution is 2.28. The number of carbonyl (C=O) groups is 2. The largest absolute Gasteiger partial charge is 0.490 e. The Morgan fingerprint density at radius 2 is 1.92 bits per heavy atom. The quantitative estimate of drug-likeness (QED) is 0.703. The lowest BCUT2D eigenvalue weighted by Crippen LogP contribution is -2.54. The topological polar surface area (TPSA) is 84.9 Å². The molecule has 2 N–H and O–H groups in total. The fraction of sp³-hybridized carbons (Fsp3) is 0.529. The van der Waals surface area contributed by atoms with Crippen LogP contribution in [0, 0.1) is 0 Å². The molecule has 25 heavy (non-hydrogen) atoms. The second-order valence-electron chi connectivity index (χ2n) is 6.74. The van der Waals surface area contributed by atoms with Crippen LogP contribution in [0.15, 0.2) is 22.7 Å². The van der Waals surface area contributed by atoms with Crippen LogP contribution in [-0.4, -0.2) is 41.6 Å². The Bertz CT molecular complexity index is 632. The summed E-state index contributed by atoms with van der Waals surface area (Å²) >= 11 is 3.31. The molecule has 0 unspecified atom stereocenters. The fourth-order valence-electron chi connectivity index (χ4n) is 2.03. The molecular weight excluding hydrogens is 397 g/mol. The van der Waals surface area contributed by atoms with Gasteiger partial charge in [0.25, 0.3) is 0 Å². The Labute approximate surface area is 154 Å². The number of nitrogens with one attached hydrogen (secondary N) is 1. The first-order valence-corrected chi connectivity index (χ1v) is 8.48. The number of alkyl halides is 1. The van der Waals surface area contributed by atoms with Crippen molar-refractivity contribution in [2.75, 3.05) is 13.3 Å². The summed E-state index contributed by atoms with van der Waals surface area (Å²) in [7, 11) is 0. The number of benzene rings is 1. The first-order valence-electron chi connectivity index (χ1n) is 7.68. The SMILES string of the molecule is CC(C)(C)OC(=O)N[C@@](C)(Cc1ccc(OCCF)c(Br)c1)C(=O)O. The van der Waals surface area contributed by atoms with Crippen molar-refractivity contribution < 1.29 is 28.6 Å². The number of carbonyl (C=O) groups excluding carboxylic acids is 1. The maximum atomic E-state index is 12.2. The van der Waals surface area contributed by atoms with Gasteiger partial charge in [-0.1, -0.05) is 6.07 Å². The summed E-state index contributed by atoms with van der Waals surface area (Å²) in [5.41, 5.74) is -1.63. The van der Waals surface area contributed by atoms with E-state index in [1.807, 2.05) is 0 Å². The number of alkyl carbamates (subject to hydrolysis) is 1. The predicted molar refractivity (Wildman–Crippen MR) is 94.7 cm³/mol. The van der Waals surface area contributed by atoms with Crippen molar-refractivity contribution in [1.29, 1.82) is 0 Å². The molecule has 0 fully saturated rings. The lowest BCUT2D eigenvalue weighted by Gasteiger charge is -2.28. The molecule has 0 heterocycles. The fourth-order valence-corrected chi connectivity index (χ4v) is 2.57. The molecule has 1 aromatic rings. The average molecular weight is 420 g/mol. The third-order valence-electron chi connectivity index (χ3n) is 3.14. The second-order valence-corrected chi connectivity index (χ2v) is 7.60. The molecule has 6 nitrogen and oxygen atoms in total. The van der Waals surface area contributed by atoms with E-state index in [4.69, 9.17) is 9.47 Å². The van der Waals surface area contributed by atoms with E-state index in [1.54, 1.807) is 39.0 Å². The van der Waals surface area contributed by atoms with E-state index in [2.05, 4.69) is 21.2 Å². The summed E-state index contributed by atoms with van der Waals surface area (Å²) in [6, 6.07) is 4.95. The van der Waals surface area contributed by atoms with Crippen LogP contribution >= 0.6 is 15.9 Å². The first kappa shape index (κ1) is 21.2. The van der Waals surface area contributed by atoms with E-state index in [0.717, 1.165) is 0 Å². The van der Waals surface area contributed by atoms with Crippen LogP contribution in [0.25, 0.3) is 0 Å². The number of amides is 1. The Balaban J connectivity index is 2.92. The van der Waals surface area contributed by atoms with Gasteiger partial charge in [-0.2, -0.15) is 0 Å². The van der Waals surface area contributed by atoms with Crippen LogP contribution in [0.3, 0.4) is 0 Å². The van der Waals surface area contributed by atoms with Crippen molar-refractivity contribution in [2.45, 2.75) is 45.3 Å². The Hall–Kier alpha value is -1.83. The summed E-state index contributed by atoms with van der Waals surface area (Å²) in [5.74, 6) is -0.731. The summed E-state index contributed by atoms with van der Waals surface area (Å²) in [5, 5.41) is 11.9. The average Bonchev–Trinajstić information content (AvgIpc) is 2.43. The molecule has 0 saturated heterocycles. The molecule has 0 spiro atoms. The lowest BCUT2D eigenvalue weighted by molar-refractivity contribution is -0.144. The number of hydrogen-bond donors (Lipinski definition) is 2. The standard InChI is InChI=1S/C17H23BrFNO5/c1-16(2,3)25-15(23)20-17(4,14(21)22)10-11-5-6-13(12(18)9-11)24-8-7-19/h5-6,9H,7-8,10H2,1-4H3,(H,20,23)(H,21,22)/t17-/m0/s1. The molecule has 1 rings (SSSR count). The smallest absolute Gasteiger partial charge is 0.408 e. The maximum Gasteiger partial charge on any atom is 0.408 e. The van der Waals surface area contributed by atoms with Gasteiger partial charge in [-0.15, -0.1) is 0 Å². The van der Waals surface area contributed by atoms with Gasteiger partial charge >= 0.3 is 12.1 Å². The molecule has 0 saturated carbocycles. The van der Waals surface area contributed by atoms with E-state index in [-0.39, 0.29) is 13.0 Å². The Kier molecular flexibility index (Phi) is 7.22. The first-order chi connectivity index (χ1) is 11.5. The molecule has 0 radical (unpaired) electrons. The summed E-state index contributed by atoms with van der Waals surface area (Å²) in [6.45, 7) is 5.81. The highest BCUT2D eigenvalue weighted by atomic mass is 79.9. The summed E-state index contributed by atoms with van der Waals surface area (Å²) < 4.78 is 23.1. The molecule has 0 aliphatic carbocycles. The van der Waals surface area contributed by atoms with Crippen LogP contribution < -0.4 is 10.1 Å². The molecule has 0 aromatic heterocycles. The molecular formula is C17H23BrFNO5. The monoisotopic (exact) mass is 419 g/mol. The molecule has 0 bridgehead atoms. The van der Waals surface area contributed by atoms with Crippen molar-refractivity contribution in [3.05, 3.63) is 28.2 Å². The number of carboxylic acid groups (broad SMARTS) is 1. The van der Waals surface area contributed by atoms with Crippen molar-refractivity contribution in [1.82, 2.24) is 5.32 Å². The molecule has 140 valence electrons. The highest BCUT2D eigenvalue weighted by molar-refractivity contribution is 9.10. The van der Waals surface area contributed by atoms with Gasteiger partial charge in [-0.3, -0.25) is 0 Å². The summed E-state index contributed by atoms with van der Waals surface area (Å²) in [4.78, 5) is 23.6. The van der Waals surface area contributed by atoms with E-state index < -0.39 is 29.9 Å². The number of hydrogen-bond acceptors (Lipinski definition) is 4. The molecule has 1 atom stereocenters. The van der Waals surface area contributed by atoms with Crippen LogP contribution in [-0.2, 0) is 16.0 Å². The van der Waals surface area contributed by atoms with Gasteiger partial charge in [0.1, 0.15) is 30.2 Å². The van der Waals surface area contributed by atoms with Gasteiger partial charge in [0.05, 0.1) is 4.47 Å². The third-order valence-corrected chi connectivity index (χ3v) is 3.76. The third kappa shape index (κ3) is 6.89. The number of ether oxygens (including phenoxy) is 2. The zero-order valence-electron chi connectivity index (χ0n) is 14.7. The van der Waals surface area contributed by atoms with E-state index in [9.17, 15) is 19.1 Å². The number of aliphatic carboxylic acids is 1. The maximum absolute atomic E-state index is 12.2. The number of rotatable bonds is 7. The normalized spacial score (nSPS) is 13.7. The Morgan fingerprint density at radius 3 is 2.40 bits per heavy atom. The molecule has 1 amide bonds. The van der Waals surface area contributed by atoms with E-state index >= 15 is 0 Å². The molecule has 8 heteroatoms. The predicted octanol–water partition coefficient (Wildman–Crippen LogP) is 3.71. The van der Waals surface area contributed by atoms with Gasteiger partial charge in [0.15, 0.2) is 0 Å². The second kappa shape index (κ2) is 8.51. The van der Waals surface area contributed by atoms with Crippen LogP contribution in [0.1, 0.15) is 33.3 Å². The minimum atomic E-state index is -1.55. The van der Waals surface area contributed by atoms with Crippen molar-refractivity contribution in [3.8, 4) is 5.75 Å². The van der Waals surface area contributed by atoms with Gasteiger partial charge in [0, 0.05) is 6.42 Å². The zero-order valence-corrected chi connectivity index (χ0v) is 16.3. The van der Waals surface area contributed by atoms with Gasteiger partial charge in [0.2, 0.25) is 0 Å². The van der Waals surface area contributed by atoms with Crippen LogP contribution in [0.2, 0.25) is 0 Å². The molecule has 0 aliphatic heterocycles. The lowest BCUT2D eigenvalue weighted by atomic mass is 9.93. The van der Waals surface area contributed by atoms with Crippen LogP contribution in [0.5, 0.6) is 5.75 Å². The minimum absolute atomic E-state index is 0.0313.